The van der Waals surface area contributed by atoms with Gasteiger partial charge in [0.1, 0.15) is 22.8 Å². The number of carboxylic acids is 1. The van der Waals surface area contributed by atoms with E-state index in [-0.39, 0.29) is 59.1 Å². The van der Waals surface area contributed by atoms with Gasteiger partial charge in [0.25, 0.3) is 0 Å². The van der Waals surface area contributed by atoms with E-state index in [2.05, 4.69) is 37.5 Å². The van der Waals surface area contributed by atoms with E-state index in [1.807, 2.05) is 13.8 Å². The highest BCUT2D eigenvalue weighted by molar-refractivity contribution is 7.15. The summed E-state index contributed by atoms with van der Waals surface area (Å²) >= 11 is 2.25. The number of amides is 4. The van der Waals surface area contributed by atoms with Gasteiger partial charge < -0.3 is 38.9 Å². The number of carbonyl (C=O) groups excluding carboxylic acids is 5. The molecule has 16 heteroatoms. The maximum absolute atomic E-state index is 13.7. The largest absolute Gasteiger partial charge is 0.477 e. The molecule has 1 N–H and O–H groups in total. The molecule has 4 fully saturated rings. The fraction of sp³-hybridized carbons (Fsp3) is 0.617. The molecule has 2 saturated carbocycles. The van der Waals surface area contributed by atoms with Crippen LogP contribution >= 0.6 is 22.7 Å². The molecule has 0 radical (unpaired) electrons. The number of aromatic carboxylic acids is 1. The number of anilines is 2. The number of nitrogens with zero attached hydrogens (tertiary/aromatic N) is 4. The van der Waals surface area contributed by atoms with Gasteiger partial charge in [0, 0.05) is 50.9 Å². The molecule has 4 amide bonds. The summed E-state index contributed by atoms with van der Waals surface area (Å²) in [5, 5.41) is 9.78. The van der Waals surface area contributed by atoms with Crippen LogP contribution in [-0.4, -0.2) is 123 Å². The van der Waals surface area contributed by atoms with Gasteiger partial charge in [-0.15, -0.1) is 22.7 Å². The second-order valence-corrected chi connectivity index (χ2v) is 18.6. The smallest absolute Gasteiger partial charge is 0.350 e. The van der Waals surface area contributed by atoms with Crippen molar-refractivity contribution >= 4 is 69.6 Å². The van der Waals surface area contributed by atoms with Crippen molar-refractivity contribution in [2.45, 2.75) is 91.9 Å². The Balaban J connectivity index is 0.000000238. The van der Waals surface area contributed by atoms with Crippen molar-refractivity contribution in [3.8, 4) is 23.7 Å². The predicted molar refractivity (Wildman–Crippen MR) is 243 cm³/mol. The van der Waals surface area contributed by atoms with E-state index in [0.717, 1.165) is 62.7 Å². The van der Waals surface area contributed by atoms with Gasteiger partial charge in [0.15, 0.2) is 0 Å². The number of carboxylic acid groups (broad SMARTS) is 1. The standard InChI is InChI=1S/C24H32N2O5S.C23H30N2O5S/c1-4-5-6-19-15-20(22(32-19)24(29)30-3)26(16-21(27)25-11-13-31-14-12-25)23(28)18-9-7-17(2)8-10-18;1-3-4-5-18-14-19(21(31-18)23(28)29)25(15-20(26)24-10-12-30-13-11-24)22(27)17-8-6-16(2)7-9-17/h15,17-18H,4,7-14,16H2,1-3H3;14,16-17H,3,6-13,15H2,1-2H3,(H,28,29). The third-order valence-corrected chi connectivity index (χ3v) is 14.0. The van der Waals surface area contributed by atoms with Crippen LogP contribution in [0.25, 0.3) is 0 Å². The van der Waals surface area contributed by atoms with E-state index in [4.69, 9.17) is 14.2 Å². The van der Waals surface area contributed by atoms with E-state index in [0.29, 0.717) is 97.6 Å². The van der Waals surface area contributed by atoms with E-state index in [9.17, 15) is 33.9 Å². The predicted octanol–water partition coefficient (Wildman–Crippen LogP) is 6.54. The molecule has 2 aromatic heterocycles. The van der Waals surface area contributed by atoms with Gasteiger partial charge in [-0.25, -0.2) is 9.59 Å². The molecule has 0 atom stereocenters. The Hall–Kier alpha value is -4.74. The molecule has 342 valence electrons. The lowest BCUT2D eigenvalue weighted by Gasteiger charge is -2.33. The number of carbonyl (C=O) groups is 6. The molecule has 0 spiro atoms. The molecular weight excluding hydrogens is 845 g/mol. The molecule has 2 aliphatic carbocycles. The minimum Gasteiger partial charge on any atom is -0.477 e. The molecule has 0 bridgehead atoms. The third kappa shape index (κ3) is 13.6. The van der Waals surface area contributed by atoms with Crippen LogP contribution in [0.4, 0.5) is 11.4 Å². The number of thiophene rings is 2. The van der Waals surface area contributed by atoms with Crippen molar-refractivity contribution in [3.63, 3.8) is 0 Å². The van der Waals surface area contributed by atoms with Crippen molar-refractivity contribution in [2.24, 2.45) is 23.7 Å². The molecule has 2 saturated heterocycles. The number of ether oxygens (including phenoxy) is 3. The van der Waals surface area contributed by atoms with Crippen LogP contribution in [0.3, 0.4) is 0 Å². The number of methoxy groups -OCH3 is 1. The molecule has 0 unspecified atom stereocenters. The van der Waals surface area contributed by atoms with Crippen LogP contribution in [0, 0.1) is 47.4 Å². The monoisotopic (exact) mass is 906 g/mol. The minimum absolute atomic E-state index is 0.0488. The van der Waals surface area contributed by atoms with Gasteiger partial charge in [-0.3, -0.25) is 19.2 Å². The highest BCUT2D eigenvalue weighted by atomic mass is 32.1. The van der Waals surface area contributed by atoms with Gasteiger partial charge in [0.05, 0.1) is 54.7 Å². The van der Waals surface area contributed by atoms with Gasteiger partial charge in [-0.2, -0.15) is 0 Å². The third-order valence-electron chi connectivity index (χ3n) is 11.9. The van der Waals surface area contributed by atoms with Crippen LogP contribution in [-0.2, 0) is 33.4 Å². The number of esters is 1. The van der Waals surface area contributed by atoms with Crippen LogP contribution in [0.5, 0.6) is 0 Å². The second-order valence-electron chi connectivity index (χ2n) is 16.5. The molecular formula is C47H62N4O10S2. The molecule has 4 heterocycles. The first kappa shape index (κ1) is 49.3. The molecule has 6 rings (SSSR count). The summed E-state index contributed by atoms with van der Waals surface area (Å²) in [5.74, 6) is 10.6. The molecule has 2 aromatic rings. The summed E-state index contributed by atoms with van der Waals surface area (Å²) in [5.41, 5.74) is 0.704. The second kappa shape index (κ2) is 24.4. The Kier molecular flexibility index (Phi) is 19.1. The van der Waals surface area contributed by atoms with E-state index < -0.39 is 11.9 Å². The van der Waals surface area contributed by atoms with Gasteiger partial charge in [-0.1, -0.05) is 51.4 Å². The Labute approximate surface area is 379 Å². The SMILES string of the molecule is CCC#Cc1cc(N(CC(=O)N2CCOCC2)C(=O)C2CCC(C)CC2)c(C(=O)O)s1.CCC#Cc1cc(N(CC(=O)N2CCOCC2)C(=O)C2CCC(C)CC2)c(C(=O)OC)s1. The number of rotatable bonds is 10. The first-order valence-electron chi connectivity index (χ1n) is 22.3. The molecule has 2 aliphatic heterocycles. The lowest BCUT2D eigenvalue weighted by molar-refractivity contribution is -0.135. The van der Waals surface area contributed by atoms with Crippen LogP contribution in [0.1, 0.15) is 121 Å². The van der Waals surface area contributed by atoms with Crippen LogP contribution < -0.4 is 9.80 Å². The summed E-state index contributed by atoms with van der Waals surface area (Å²) in [6.45, 7) is 11.9. The molecule has 0 aromatic carbocycles. The average Bonchev–Trinajstić information content (AvgIpc) is 3.94. The zero-order valence-electron chi connectivity index (χ0n) is 37.3. The maximum Gasteiger partial charge on any atom is 0.350 e. The molecule has 63 heavy (non-hydrogen) atoms. The molecule has 14 nitrogen and oxygen atoms in total. The van der Waals surface area contributed by atoms with Crippen LogP contribution in [0.2, 0.25) is 0 Å². The summed E-state index contributed by atoms with van der Waals surface area (Å²) in [4.78, 5) is 85.7. The fourth-order valence-electron chi connectivity index (χ4n) is 8.14. The topological polar surface area (TPSA) is 163 Å². The zero-order chi connectivity index (χ0) is 45.5. The molecule has 4 aliphatic rings. The average molecular weight is 907 g/mol. The van der Waals surface area contributed by atoms with Crippen molar-refractivity contribution in [1.82, 2.24) is 9.80 Å². The fourth-order valence-corrected chi connectivity index (χ4v) is 9.97. The summed E-state index contributed by atoms with van der Waals surface area (Å²) in [6, 6.07) is 3.39. The highest BCUT2D eigenvalue weighted by Gasteiger charge is 2.36. The normalized spacial score (nSPS) is 21.0. The summed E-state index contributed by atoms with van der Waals surface area (Å²) in [6.07, 6.45) is 8.34. The van der Waals surface area contributed by atoms with Crippen molar-refractivity contribution in [3.05, 3.63) is 31.6 Å². The van der Waals surface area contributed by atoms with Crippen molar-refractivity contribution in [2.75, 3.05) is 82.6 Å². The van der Waals surface area contributed by atoms with Gasteiger partial charge in [0.2, 0.25) is 23.6 Å². The van der Waals surface area contributed by atoms with E-state index in [1.165, 1.54) is 28.2 Å². The van der Waals surface area contributed by atoms with E-state index >= 15 is 0 Å². The maximum atomic E-state index is 13.7. The lowest BCUT2D eigenvalue weighted by Crippen LogP contribution is -2.49. The lowest BCUT2D eigenvalue weighted by atomic mass is 9.82. The zero-order valence-corrected chi connectivity index (χ0v) is 39.0. The quantitative estimate of drug-likeness (QED) is 0.205. The van der Waals surface area contributed by atoms with Gasteiger partial charge >= 0.3 is 11.9 Å². The summed E-state index contributed by atoms with van der Waals surface area (Å²) in [7, 11) is 1.32. The van der Waals surface area contributed by atoms with Crippen molar-refractivity contribution < 1.29 is 48.1 Å². The van der Waals surface area contributed by atoms with Gasteiger partial charge in [-0.05, 0) is 75.3 Å². The van der Waals surface area contributed by atoms with E-state index in [1.54, 1.807) is 21.9 Å². The summed E-state index contributed by atoms with van der Waals surface area (Å²) < 4.78 is 15.6. The highest BCUT2D eigenvalue weighted by Crippen LogP contribution is 2.37. The Morgan fingerprint density at radius 1 is 0.667 bits per heavy atom. The van der Waals surface area contributed by atoms with Crippen molar-refractivity contribution in [1.29, 1.82) is 0 Å². The first-order chi connectivity index (χ1) is 30.3. The van der Waals surface area contributed by atoms with Crippen LogP contribution in [0.15, 0.2) is 12.1 Å². The number of hydrogen-bond acceptors (Lipinski definition) is 11. The minimum atomic E-state index is -1.11. The first-order valence-corrected chi connectivity index (χ1v) is 23.9. The number of morpholine rings is 2. The number of hydrogen-bond donors (Lipinski definition) is 1. The Morgan fingerprint density at radius 2 is 1.05 bits per heavy atom. The Morgan fingerprint density at radius 3 is 1.41 bits per heavy atom. The Bertz CT molecular complexity index is 2050.